The van der Waals surface area contributed by atoms with Gasteiger partial charge in [0, 0.05) is 0 Å². The average Bonchev–Trinajstić information content (AvgIpc) is 3.49. The molecule has 6 heteroatoms. The number of unbranched alkanes of at least 4 members (excludes halogenated alkanes) is 2. The molecule has 0 saturated heterocycles. The molecule has 0 atom stereocenters. The molecule has 2 saturated carbocycles. The second-order valence-corrected chi connectivity index (χ2v) is 10.2. The smallest absolute Gasteiger partial charge is 0.327 e. The third kappa shape index (κ3) is 4.71. The van der Waals surface area contributed by atoms with Crippen LogP contribution in [-0.4, -0.2) is 25.7 Å². The molecule has 0 aromatic heterocycles. The Hall–Kier alpha value is -1.43. The van der Waals surface area contributed by atoms with Gasteiger partial charge >= 0.3 is 5.97 Å². The van der Waals surface area contributed by atoms with Gasteiger partial charge in [-0.2, -0.15) is 0 Å². The van der Waals surface area contributed by atoms with Crippen molar-refractivity contribution in [1.29, 1.82) is 0 Å². The Balaban J connectivity index is 1.65. The Morgan fingerprint density at radius 3 is 2.33 bits per heavy atom. The number of esters is 1. The van der Waals surface area contributed by atoms with Crippen molar-refractivity contribution >= 4 is 15.8 Å². The number of hydrogen-bond donors (Lipinski definition) is 0. The van der Waals surface area contributed by atoms with Gasteiger partial charge in [0.1, 0.15) is 5.82 Å². The summed E-state index contributed by atoms with van der Waals surface area (Å²) >= 11 is 0. The summed E-state index contributed by atoms with van der Waals surface area (Å²) in [5.41, 5.74) is 0. The van der Waals surface area contributed by atoms with E-state index in [-0.39, 0.29) is 24.3 Å². The van der Waals surface area contributed by atoms with Crippen LogP contribution >= 0.6 is 0 Å². The average molecular weight is 397 g/mol. The first-order valence-electron chi connectivity index (χ1n) is 10.1. The van der Waals surface area contributed by atoms with Crippen molar-refractivity contribution in [2.24, 2.45) is 5.92 Å². The lowest BCUT2D eigenvalue weighted by molar-refractivity contribution is -0.148. The summed E-state index contributed by atoms with van der Waals surface area (Å²) in [4.78, 5) is 12.9. The van der Waals surface area contributed by atoms with Gasteiger partial charge in [0.05, 0.1) is 11.5 Å². The van der Waals surface area contributed by atoms with E-state index in [4.69, 9.17) is 4.74 Å². The lowest BCUT2D eigenvalue weighted by atomic mass is 9.88. The fraction of sp³-hybridized carbons (Fsp3) is 0.667. The van der Waals surface area contributed by atoms with Crippen LogP contribution in [0.5, 0.6) is 0 Å². The Morgan fingerprint density at radius 2 is 1.70 bits per heavy atom. The summed E-state index contributed by atoms with van der Waals surface area (Å²) < 4.78 is 43.6. The van der Waals surface area contributed by atoms with E-state index in [1.165, 1.54) is 31.4 Å². The van der Waals surface area contributed by atoms with Crippen molar-refractivity contribution in [3.8, 4) is 0 Å². The van der Waals surface area contributed by atoms with E-state index in [0.29, 0.717) is 12.8 Å². The van der Waals surface area contributed by atoms with Crippen LogP contribution in [0.15, 0.2) is 29.2 Å². The molecule has 1 aromatic rings. The molecule has 2 fully saturated rings. The topological polar surface area (TPSA) is 60.4 Å². The molecule has 2 aliphatic rings. The third-order valence-corrected chi connectivity index (χ3v) is 8.35. The molecule has 3 rings (SSSR count). The second kappa shape index (κ2) is 8.72. The highest BCUT2D eigenvalue weighted by molar-refractivity contribution is 7.93. The van der Waals surface area contributed by atoms with Gasteiger partial charge in [0.2, 0.25) is 0 Å². The van der Waals surface area contributed by atoms with E-state index < -0.39 is 26.4 Å². The minimum atomic E-state index is -3.93. The quantitative estimate of drug-likeness (QED) is 0.341. The summed E-state index contributed by atoms with van der Waals surface area (Å²) in [6.45, 7) is 0.268. The second-order valence-electron chi connectivity index (χ2n) is 7.94. The number of hydrogen-bond acceptors (Lipinski definition) is 4. The number of carbonyl (C=O) groups excluding carboxylic acids is 1. The zero-order chi connectivity index (χ0) is 19.3. The monoisotopic (exact) mass is 396 g/mol. The molecule has 4 nitrogen and oxygen atoms in total. The van der Waals surface area contributed by atoms with Gasteiger partial charge < -0.3 is 4.74 Å². The van der Waals surface area contributed by atoms with Crippen molar-refractivity contribution in [1.82, 2.24) is 0 Å². The van der Waals surface area contributed by atoms with Crippen LogP contribution in [0.3, 0.4) is 0 Å². The normalized spacial score (nSPS) is 19.6. The van der Waals surface area contributed by atoms with Gasteiger partial charge in [-0.15, -0.1) is 0 Å². The molecule has 0 aliphatic heterocycles. The maximum atomic E-state index is 13.3. The van der Waals surface area contributed by atoms with E-state index in [1.807, 2.05) is 0 Å². The van der Waals surface area contributed by atoms with E-state index in [1.54, 1.807) is 0 Å². The Bertz CT molecular complexity index is 732. The number of benzene rings is 1. The summed E-state index contributed by atoms with van der Waals surface area (Å²) in [6, 6.07) is 4.72. The fourth-order valence-corrected chi connectivity index (χ4v) is 6.01. The molecule has 2 aliphatic carbocycles. The molecule has 27 heavy (non-hydrogen) atoms. The zero-order valence-corrected chi connectivity index (χ0v) is 16.6. The highest BCUT2D eigenvalue weighted by atomic mass is 32.2. The largest absolute Gasteiger partial charge is 0.465 e. The predicted molar refractivity (Wildman–Crippen MR) is 102 cm³/mol. The molecule has 0 radical (unpaired) electrons. The minimum Gasteiger partial charge on any atom is -0.465 e. The van der Waals surface area contributed by atoms with E-state index in [0.717, 1.165) is 43.7 Å². The molecule has 0 unspecified atom stereocenters. The minimum absolute atomic E-state index is 0.00724. The van der Waals surface area contributed by atoms with E-state index in [9.17, 15) is 17.6 Å². The standard InChI is InChI=1S/C21H29FO4S/c22-18-10-12-19(13-11-18)27(24,25)21(14-4-2-5-15-21)20(23)26-16-6-1-3-7-17-8-9-17/h10-13,17H,1-9,14-16H2. The summed E-state index contributed by atoms with van der Waals surface area (Å²) in [6.07, 6.45) is 9.66. The number of rotatable bonds is 9. The molecule has 150 valence electrons. The molecule has 1 aromatic carbocycles. The Kier molecular flexibility index (Phi) is 6.56. The van der Waals surface area contributed by atoms with Gasteiger partial charge in [-0.3, -0.25) is 4.79 Å². The Labute approximate surface area is 161 Å². The first-order valence-corrected chi connectivity index (χ1v) is 11.6. The van der Waals surface area contributed by atoms with Gasteiger partial charge in [0.25, 0.3) is 0 Å². The maximum Gasteiger partial charge on any atom is 0.327 e. The lowest BCUT2D eigenvalue weighted by Gasteiger charge is -2.34. The van der Waals surface area contributed by atoms with Gasteiger partial charge in [-0.1, -0.05) is 51.4 Å². The van der Waals surface area contributed by atoms with E-state index in [2.05, 4.69) is 0 Å². The van der Waals surface area contributed by atoms with Gasteiger partial charge in [0.15, 0.2) is 14.6 Å². The molecule has 0 bridgehead atoms. The highest BCUT2D eigenvalue weighted by Gasteiger charge is 2.52. The lowest BCUT2D eigenvalue weighted by Crippen LogP contribution is -2.49. The van der Waals surface area contributed by atoms with Crippen molar-refractivity contribution in [2.45, 2.75) is 80.3 Å². The van der Waals surface area contributed by atoms with Crippen LogP contribution in [-0.2, 0) is 19.4 Å². The molecule has 0 amide bonds. The predicted octanol–water partition coefficient (Wildman–Crippen LogP) is 4.82. The zero-order valence-electron chi connectivity index (χ0n) is 15.8. The third-order valence-electron chi connectivity index (χ3n) is 5.86. The van der Waals surface area contributed by atoms with Crippen LogP contribution in [0.25, 0.3) is 0 Å². The van der Waals surface area contributed by atoms with Crippen LogP contribution in [0.1, 0.15) is 70.6 Å². The summed E-state index contributed by atoms with van der Waals surface area (Å²) in [7, 11) is -3.93. The van der Waals surface area contributed by atoms with Crippen molar-refractivity contribution in [3.63, 3.8) is 0 Å². The molecule has 0 spiro atoms. The molecular formula is C21H29FO4S. The molecular weight excluding hydrogens is 367 g/mol. The first-order chi connectivity index (χ1) is 13.0. The van der Waals surface area contributed by atoms with Gasteiger partial charge in [-0.05, 0) is 49.4 Å². The van der Waals surface area contributed by atoms with Crippen molar-refractivity contribution in [2.75, 3.05) is 6.61 Å². The molecule has 0 heterocycles. The maximum absolute atomic E-state index is 13.3. The van der Waals surface area contributed by atoms with Crippen LogP contribution in [0, 0.1) is 11.7 Å². The van der Waals surface area contributed by atoms with Crippen molar-refractivity contribution < 1.29 is 22.3 Å². The van der Waals surface area contributed by atoms with Crippen LogP contribution < -0.4 is 0 Å². The number of carbonyl (C=O) groups is 1. The van der Waals surface area contributed by atoms with Crippen LogP contribution in [0.2, 0.25) is 0 Å². The summed E-state index contributed by atoms with van der Waals surface area (Å²) in [5, 5.41) is 0. The number of sulfone groups is 1. The van der Waals surface area contributed by atoms with Gasteiger partial charge in [-0.25, -0.2) is 12.8 Å². The highest BCUT2D eigenvalue weighted by Crippen LogP contribution is 2.40. The SMILES string of the molecule is O=C(OCCCCCC1CC1)C1(S(=O)(=O)c2ccc(F)cc2)CCCCC1. The number of ether oxygens (including phenoxy) is 1. The fourth-order valence-electron chi connectivity index (χ4n) is 3.96. The van der Waals surface area contributed by atoms with Crippen LogP contribution in [0.4, 0.5) is 4.39 Å². The Morgan fingerprint density at radius 1 is 1.04 bits per heavy atom. The number of halogens is 1. The van der Waals surface area contributed by atoms with Crippen molar-refractivity contribution in [3.05, 3.63) is 30.1 Å². The summed E-state index contributed by atoms with van der Waals surface area (Å²) in [5.74, 6) is -0.229. The first kappa shape index (κ1) is 20.3. The molecule has 0 N–H and O–H groups in total. The van der Waals surface area contributed by atoms with E-state index >= 15 is 0 Å².